The third-order valence-electron chi connectivity index (χ3n) is 3.51. The highest BCUT2D eigenvalue weighted by Crippen LogP contribution is 2.35. The zero-order valence-electron chi connectivity index (χ0n) is 11.6. The molecule has 2 heteroatoms. The Hall–Kier alpha value is -2.22. The summed E-state index contributed by atoms with van der Waals surface area (Å²) >= 11 is 0. The van der Waals surface area contributed by atoms with E-state index < -0.39 is 0 Å². The first-order chi connectivity index (χ1) is 9.86. The Bertz CT molecular complexity index is 568. The monoisotopic (exact) mass is 266 g/mol. The van der Waals surface area contributed by atoms with E-state index in [4.69, 9.17) is 9.47 Å². The first kappa shape index (κ1) is 12.8. The van der Waals surface area contributed by atoms with E-state index in [1.807, 2.05) is 24.3 Å². The fraction of sp³-hybridized carbons (Fsp3) is 0.222. The topological polar surface area (TPSA) is 18.5 Å². The van der Waals surface area contributed by atoms with Crippen molar-refractivity contribution >= 4 is 0 Å². The van der Waals surface area contributed by atoms with Crippen molar-refractivity contribution in [2.75, 3.05) is 7.11 Å². The predicted octanol–water partition coefficient (Wildman–Crippen LogP) is 4.35. The molecule has 102 valence electrons. The second-order valence-electron chi connectivity index (χ2n) is 4.95. The lowest BCUT2D eigenvalue weighted by Crippen LogP contribution is -1.99. The van der Waals surface area contributed by atoms with Gasteiger partial charge in [0.2, 0.25) is 0 Å². The molecule has 0 N–H and O–H groups in total. The van der Waals surface area contributed by atoms with Gasteiger partial charge in [-0.2, -0.15) is 0 Å². The van der Waals surface area contributed by atoms with Gasteiger partial charge in [-0.05, 0) is 25.0 Å². The lowest BCUT2D eigenvalue weighted by Gasteiger charge is -2.15. The van der Waals surface area contributed by atoms with Gasteiger partial charge in [0.25, 0.3) is 0 Å². The van der Waals surface area contributed by atoms with E-state index in [2.05, 4.69) is 30.4 Å². The Balaban J connectivity index is 1.82. The molecule has 0 atom stereocenters. The molecule has 0 fully saturated rings. The van der Waals surface area contributed by atoms with Crippen LogP contribution in [0.25, 0.3) is 0 Å². The molecular weight excluding hydrogens is 248 g/mol. The van der Waals surface area contributed by atoms with E-state index in [1.165, 1.54) is 11.1 Å². The van der Waals surface area contributed by atoms with Crippen LogP contribution in [-0.4, -0.2) is 7.11 Å². The van der Waals surface area contributed by atoms with Crippen molar-refractivity contribution in [3.05, 3.63) is 71.6 Å². The largest absolute Gasteiger partial charge is 0.493 e. The van der Waals surface area contributed by atoms with E-state index in [0.29, 0.717) is 0 Å². The Morgan fingerprint density at radius 3 is 2.60 bits per heavy atom. The van der Waals surface area contributed by atoms with Crippen LogP contribution in [0.4, 0.5) is 0 Å². The van der Waals surface area contributed by atoms with Gasteiger partial charge in [-0.15, -0.1) is 0 Å². The summed E-state index contributed by atoms with van der Waals surface area (Å²) in [6.07, 6.45) is 15.3. The molecule has 0 radical (unpaired) electrons. The first-order valence-corrected chi connectivity index (χ1v) is 6.91. The van der Waals surface area contributed by atoms with Gasteiger partial charge in [0, 0.05) is 12.0 Å². The van der Waals surface area contributed by atoms with Gasteiger partial charge in [0.05, 0.1) is 7.11 Å². The molecule has 20 heavy (non-hydrogen) atoms. The van der Waals surface area contributed by atoms with Crippen molar-refractivity contribution in [3.8, 4) is 11.5 Å². The van der Waals surface area contributed by atoms with Gasteiger partial charge < -0.3 is 9.47 Å². The molecule has 0 saturated heterocycles. The van der Waals surface area contributed by atoms with Crippen molar-refractivity contribution in [3.63, 3.8) is 0 Å². The molecule has 0 bridgehead atoms. The highest BCUT2D eigenvalue weighted by molar-refractivity contribution is 5.49. The van der Waals surface area contributed by atoms with Crippen LogP contribution in [0.5, 0.6) is 11.5 Å². The molecule has 0 aromatic heterocycles. The third kappa shape index (κ3) is 2.69. The Labute approximate surface area is 119 Å². The first-order valence-electron chi connectivity index (χ1n) is 6.91. The van der Waals surface area contributed by atoms with Crippen LogP contribution in [0, 0.1) is 0 Å². The van der Waals surface area contributed by atoms with Crippen LogP contribution in [0.1, 0.15) is 18.4 Å². The van der Waals surface area contributed by atoms with E-state index in [0.717, 1.165) is 36.5 Å². The van der Waals surface area contributed by atoms with Crippen LogP contribution in [0.2, 0.25) is 0 Å². The lowest BCUT2D eigenvalue weighted by atomic mass is 10.0. The minimum atomic E-state index is 0.798. The molecule has 0 unspecified atom stereocenters. The van der Waals surface area contributed by atoms with E-state index >= 15 is 0 Å². The smallest absolute Gasteiger partial charge is 0.169 e. The Morgan fingerprint density at radius 1 is 1.05 bits per heavy atom. The molecule has 2 aliphatic rings. The van der Waals surface area contributed by atoms with Crippen LogP contribution >= 0.6 is 0 Å². The zero-order chi connectivity index (χ0) is 13.8. The summed E-state index contributed by atoms with van der Waals surface area (Å²) in [4.78, 5) is 0. The number of methoxy groups -OCH3 is 1. The summed E-state index contributed by atoms with van der Waals surface area (Å²) < 4.78 is 11.5. The number of rotatable bonds is 5. The maximum atomic E-state index is 5.94. The van der Waals surface area contributed by atoms with Gasteiger partial charge in [-0.25, -0.2) is 0 Å². The molecule has 2 aliphatic carbocycles. The third-order valence-corrected chi connectivity index (χ3v) is 3.51. The van der Waals surface area contributed by atoms with E-state index in [9.17, 15) is 0 Å². The fourth-order valence-electron chi connectivity index (χ4n) is 2.52. The summed E-state index contributed by atoms with van der Waals surface area (Å²) in [5, 5.41) is 0. The highest BCUT2D eigenvalue weighted by Gasteiger charge is 2.14. The minimum absolute atomic E-state index is 0.798. The van der Waals surface area contributed by atoms with Gasteiger partial charge in [0.1, 0.15) is 5.76 Å². The van der Waals surface area contributed by atoms with Crippen molar-refractivity contribution in [2.24, 2.45) is 0 Å². The summed E-state index contributed by atoms with van der Waals surface area (Å²) in [6.45, 7) is 0. The Morgan fingerprint density at radius 2 is 1.90 bits per heavy atom. The maximum absolute atomic E-state index is 5.94. The highest BCUT2D eigenvalue weighted by atomic mass is 16.5. The quantitative estimate of drug-likeness (QED) is 0.789. The molecule has 0 saturated carbocycles. The van der Waals surface area contributed by atoms with Gasteiger partial charge in [0.15, 0.2) is 11.5 Å². The standard InChI is InChI=1S/C18H18O2/c1-19-18-15(13-14-7-2-3-8-14)9-6-12-17(18)20-16-10-4-5-11-16/h2-7,9-10,12H,8,11,13H2,1H3. The summed E-state index contributed by atoms with van der Waals surface area (Å²) in [7, 11) is 1.70. The summed E-state index contributed by atoms with van der Waals surface area (Å²) in [5.74, 6) is 2.60. The lowest BCUT2D eigenvalue weighted by molar-refractivity contribution is 0.355. The van der Waals surface area contributed by atoms with Crippen molar-refractivity contribution < 1.29 is 9.47 Å². The predicted molar refractivity (Wildman–Crippen MR) is 81.0 cm³/mol. The molecule has 1 aromatic carbocycles. The number of hydrogen-bond donors (Lipinski definition) is 0. The van der Waals surface area contributed by atoms with Crippen molar-refractivity contribution in [2.45, 2.75) is 19.3 Å². The SMILES string of the molecule is COc1c(CC2=CC=CC2)cccc1OC1=CC=CC1. The molecule has 0 spiro atoms. The fourth-order valence-corrected chi connectivity index (χ4v) is 2.52. The van der Waals surface area contributed by atoms with E-state index in [-0.39, 0.29) is 0 Å². The molecule has 0 amide bonds. The normalized spacial score (nSPS) is 16.2. The van der Waals surface area contributed by atoms with Gasteiger partial charge in [-0.3, -0.25) is 0 Å². The van der Waals surface area contributed by atoms with Crippen LogP contribution in [0.15, 0.2) is 66.0 Å². The average molecular weight is 266 g/mol. The number of benzene rings is 1. The van der Waals surface area contributed by atoms with Crippen LogP contribution in [-0.2, 0) is 6.42 Å². The summed E-state index contributed by atoms with van der Waals surface area (Å²) in [5.41, 5.74) is 2.58. The van der Waals surface area contributed by atoms with E-state index in [1.54, 1.807) is 7.11 Å². The second-order valence-corrected chi connectivity index (χ2v) is 4.95. The average Bonchev–Trinajstić information content (AvgIpc) is 3.13. The van der Waals surface area contributed by atoms with Crippen LogP contribution < -0.4 is 9.47 Å². The number of ether oxygens (including phenoxy) is 2. The number of para-hydroxylation sites is 1. The number of hydrogen-bond acceptors (Lipinski definition) is 2. The maximum Gasteiger partial charge on any atom is 0.169 e. The molecule has 0 aliphatic heterocycles. The number of allylic oxidation sites excluding steroid dienone is 7. The van der Waals surface area contributed by atoms with Crippen LogP contribution in [0.3, 0.4) is 0 Å². The minimum Gasteiger partial charge on any atom is -0.493 e. The molecule has 0 heterocycles. The zero-order valence-corrected chi connectivity index (χ0v) is 11.6. The molecule has 3 rings (SSSR count). The molecule has 2 nitrogen and oxygen atoms in total. The van der Waals surface area contributed by atoms with Gasteiger partial charge in [-0.1, -0.05) is 48.1 Å². The second kappa shape index (κ2) is 5.83. The summed E-state index contributed by atoms with van der Waals surface area (Å²) in [6, 6.07) is 6.09. The van der Waals surface area contributed by atoms with Gasteiger partial charge >= 0.3 is 0 Å². The Kier molecular flexibility index (Phi) is 3.73. The van der Waals surface area contributed by atoms with Crippen molar-refractivity contribution in [1.82, 2.24) is 0 Å². The molecule has 1 aromatic rings. The van der Waals surface area contributed by atoms with Crippen molar-refractivity contribution in [1.29, 1.82) is 0 Å². The molecular formula is C18H18O2.